The number of halogens is 1. The third kappa shape index (κ3) is 1.69. The molecule has 17 heavy (non-hydrogen) atoms. The lowest BCUT2D eigenvalue weighted by molar-refractivity contribution is 0.808. The summed E-state index contributed by atoms with van der Waals surface area (Å²) in [5.41, 5.74) is 0. The van der Waals surface area contributed by atoms with Crippen molar-refractivity contribution < 1.29 is 0 Å². The number of nitrogens with zero attached hydrogens (tertiary/aromatic N) is 5. The van der Waals surface area contributed by atoms with E-state index in [9.17, 15) is 0 Å². The molecule has 7 heteroatoms. The lowest BCUT2D eigenvalue weighted by Crippen LogP contribution is -2.03. The lowest BCUT2D eigenvalue weighted by Gasteiger charge is -2.03. The van der Waals surface area contributed by atoms with E-state index in [1.807, 2.05) is 25.3 Å². The molecular weight excluding hydrogens is 258 g/mol. The van der Waals surface area contributed by atoms with Crippen molar-refractivity contribution in [2.45, 2.75) is 13.8 Å². The van der Waals surface area contributed by atoms with Gasteiger partial charge in [0.2, 0.25) is 5.28 Å². The van der Waals surface area contributed by atoms with Crippen molar-refractivity contribution in [1.82, 2.24) is 24.7 Å². The first-order chi connectivity index (χ1) is 8.15. The van der Waals surface area contributed by atoms with E-state index in [0.717, 1.165) is 16.0 Å². The predicted octanol–water partition coefficient (Wildman–Crippen LogP) is 2.54. The summed E-state index contributed by atoms with van der Waals surface area (Å²) in [5.74, 6) is 2.17. The Hall–Kier alpha value is -1.53. The zero-order valence-electron chi connectivity index (χ0n) is 9.18. The molecule has 0 radical (unpaired) electrons. The van der Waals surface area contributed by atoms with Gasteiger partial charge in [0, 0.05) is 0 Å². The Labute approximate surface area is 106 Å². The molecule has 3 aromatic heterocycles. The fourth-order valence-corrected chi connectivity index (χ4v) is 2.67. The zero-order chi connectivity index (χ0) is 12.0. The van der Waals surface area contributed by atoms with Crippen molar-refractivity contribution >= 4 is 33.2 Å². The lowest BCUT2D eigenvalue weighted by atomic mass is 10.4. The molecule has 0 aromatic carbocycles. The summed E-state index contributed by atoms with van der Waals surface area (Å²) in [6.45, 7) is 3.73. The van der Waals surface area contributed by atoms with Gasteiger partial charge in [-0.2, -0.15) is 9.67 Å². The van der Waals surface area contributed by atoms with Crippen LogP contribution in [-0.2, 0) is 0 Å². The fourth-order valence-electron chi connectivity index (χ4n) is 1.70. The van der Waals surface area contributed by atoms with Gasteiger partial charge in [-0.15, -0.1) is 16.4 Å². The molecule has 0 aliphatic heterocycles. The number of thiophene rings is 1. The summed E-state index contributed by atoms with van der Waals surface area (Å²) in [5, 5.41) is 7.43. The van der Waals surface area contributed by atoms with Crippen molar-refractivity contribution in [3.63, 3.8) is 0 Å². The van der Waals surface area contributed by atoms with Crippen LogP contribution in [0.15, 0.2) is 11.4 Å². The predicted molar refractivity (Wildman–Crippen MR) is 66.8 cm³/mol. The van der Waals surface area contributed by atoms with Gasteiger partial charge in [0.1, 0.15) is 16.5 Å². The molecular formula is C10H8ClN5S. The number of aromatic nitrogens is 5. The van der Waals surface area contributed by atoms with E-state index in [1.165, 1.54) is 11.3 Å². The average Bonchev–Trinajstić information content (AvgIpc) is 2.83. The van der Waals surface area contributed by atoms with E-state index in [1.54, 1.807) is 4.68 Å². The van der Waals surface area contributed by atoms with Crippen molar-refractivity contribution in [3.8, 4) is 5.82 Å². The quantitative estimate of drug-likeness (QED) is 0.635. The Bertz CT molecular complexity index is 702. The number of hydrogen-bond donors (Lipinski definition) is 0. The first-order valence-corrected chi connectivity index (χ1v) is 6.22. The third-order valence-electron chi connectivity index (χ3n) is 2.35. The molecule has 0 amide bonds. The Kier molecular flexibility index (Phi) is 2.34. The molecule has 0 spiro atoms. The van der Waals surface area contributed by atoms with Crippen LogP contribution in [0.3, 0.4) is 0 Å². The molecule has 0 bridgehead atoms. The van der Waals surface area contributed by atoms with Gasteiger partial charge < -0.3 is 0 Å². The van der Waals surface area contributed by atoms with Gasteiger partial charge in [0.25, 0.3) is 0 Å². The smallest absolute Gasteiger partial charge is 0.217 e. The summed E-state index contributed by atoms with van der Waals surface area (Å²) in [7, 11) is 0. The van der Waals surface area contributed by atoms with E-state index in [0.29, 0.717) is 11.6 Å². The van der Waals surface area contributed by atoms with Gasteiger partial charge in [-0.25, -0.2) is 9.97 Å². The summed E-state index contributed by atoms with van der Waals surface area (Å²) in [6.07, 6.45) is 0. The molecule has 0 unspecified atom stereocenters. The largest absolute Gasteiger partial charge is 0.225 e. The molecule has 0 saturated heterocycles. The molecule has 5 nitrogen and oxygen atoms in total. The van der Waals surface area contributed by atoms with E-state index in [2.05, 4.69) is 20.1 Å². The molecule has 0 aliphatic carbocycles. The summed E-state index contributed by atoms with van der Waals surface area (Å²) in [6, 6.07) is 1.96. The maximum absolute atomic E-state index is 5.91. The topological polar surface area (TPSA) is 56.5 Å². The number of fused-ring (bicyclic) bond motifs is 1. The second-order valence-corrected chi connectivity index (χ2v) is 4.81. The molecule has 3 rings (SSSR count). The average molecular weight is 266 g/mol. The highest BCUT2D eigenvalue weighted by Crippen LogP contribution is 2.25. The van der Waals surface area contributed by atoms with Crippen molar-refractivity contribution in [2.75, 3.05) is 0 Å². The number of hydrogen-bond acceptors (Lipinski definition) is 5. The Morgan fingerprint density at radius 1 is 1.24 bits per heavy atom. The Morgan fingerprint density at radius 3 is 2.76 bits per heavy atom. The van der Waals surface area contributed by atoms with Gasteiger partial charge in [0.05, 0.1) is 5.39 Å². The fraction of sp³-hybridized carbons (Fsp3) is 0.200. The van der Waals surface area contributed by atoms with Gasteiger partial charge in [-0.05, 0) is 36.9 Å². The monoisotopic (exact) mass is 265 g/mol. The molecule has 3 heterocycles. The molecule has 0 atom stereocenters. The number of aryl methyl sites for hydroxylation is 2. The maximum atomic E-state index is 5.91. The summed E-state index contributed by atoms with van der Waals surface area (Å²) in [4.78, 5) is 13.5. The standard InChI is InChI=1S/C10H8ClN5S/c1-5-12-6(2)16(15-5)8-7-3-4-17-9(7)14-10(11)13-8/h3-4H,1-2H3. The number of rotatable bonds is 1. The molecule has 86 valence electrons. The third-order valence-corrected chi connectivity index (χ3v) is 3.33. The van der Waals surface area contributed by atoms with Crippen molar-refractivity contribution in [1.29, 1.82) is 0 Å². The van der Waals surface area contributed by atoms with E-state index in [-0.39, 0.29) is 5.28 Å². The van der Waals surface area contributed by atoms with Gasteiger partial charge in [-0.3, -0.25) is 0 Å². The molecule has 0 fully saturated rings. The Morgan fingerprint density at radius 2 is 2.06 bits per heavy atom. The van der Waals surface area contributed by atoms with Crippen LogP contribution in [0, 0.1) is 13.8 Å². The first kappa shape index (κ1) is 10.6. The van der Waals surface area contributed by atoms with Crippen molar-refractivity contribution in [2.24, 2.45) is 0 Å². The van der Waals surface area contributed by atoms with Crippen LogP contribution in [0.1, 0.15) is 11.6 Å². The van der Waals surface area contributed by atoms with Crippen molar-refractivity contribution in [3.05, 3.63) is 28.4 Å². The Balaban J connectivity index is 2.36. The molecule has 0 N–H and O–H groups in total. The van der Waals surface area contributed by atoms with Crippen LogP contribution >= 0.6 is 22.9 Å². The van der Waals surface area contributed by atoms with Gasteiger partial charge >= 0.3 is 0 Å². The van der Waals surface area contributed by atoms with E-state index < -0.39 is 0 Å². The van der Waals surface area contributed by atoms with Crippen LogP contribution in [0.25, 0.3) is 16.0 Å². The second-order valence-electron chi connectivity index (χ2n) is 3.57. The van der Waals surface area contributed by atoms with E-state index in [4.69, 9.17) is 11.6 Å². The highest BCUT2D eigenvalue weighted by atomic mass is 35.5. The summed E-state index contributed by atoms with van der Waals surface area (Å²) < 4.78 is 1.69. The van der Waals surface area contributed by atoms with Crippen LogP contribution in [0.2, 0.25) is 5.28 Å². The minimum Gasteiger partial charge on any atom is -0.217 e. The highest BCUT2D eigenvalue weighted by Gasteiger charge is 2.13. The zero-order valence-corrected chi connectivity index (χ0v) is 10.7. The van der Waals surface area contributed by atoms with Crippen LogP contribution in [0.5, 0.6) is 0 Å². The van der Waals surface area contributed by atoms with Gasteiger partial charge in [-0.1, -0.05) is 0 Å². The summed E-state index contributed by atoms with van der Waals surface area (Å²) >= 11 is 7.44. The van der Waals surface area contributed by atoms with Crippen LogP contribution < -0.4 is 0 Å². The maximum Gasteiger partial charge on any atom is 0.225 e. The van der Waals surface area contributed by atoms with Gasteiger partial charge in [0.15, 0.2) is 5.82 Å². The first-order valence-electron chi connectivity index (χ1n) is 4.96. The van der Waals surface area contributed by atoms with Crippen LogP contribution in [-0.4, -0.2) is 24.7 Å². The molecule has 0 saturated carbocycles. The minimum atomic E-state index is 0.225. The normalized spacial score (nSPS) is 11.2. The molecule has 3 aromatic rings. The second kappa shape index (κ2) is 3.75. The minimum absolute atomic E-state index is 0.225. The van der Waals surface area contributed by atoms with Crippen LogP contribution in [0.4, 0.5) is 0 Å². The van der Waals surface area contributed by atoms with E-state index >= 15 is 0 Å². The highest BCUT2D eigenvalue weighted by molar-refractivity contribution is 7.16. The SMILES string of the molecule is Cc1nc(C)n(-c2nc(Cl)nc3sccc23)n1. The molecule has 0 aliphatic rings.